The first-order chi connectivity index (χ1) is 9.85. The summed E-state index contributed by atoms with van der Waals surface area (Å²) in [5.74, 6) is 1.55. The molecule has 4 nitrogen and oxygen atoms in total. The van der Waals surface area contributed by atoms with Crippen LogP contribution < -0.4 is 14.8 Å². The first-order valence-corrected chi connectivity index (χ1v) is 6.73. The van der Waals surface area contributed by atoms with Crippen LogP contribution in [0.2, 0.25) is 0 Å². The largest absolute Gasteiger partial charge is 0.493 e. The van der Waals surface area contributed by atoms with Crippen molar-refractivity contribution in [3.8, 4) is 11.5 Å². The van der Waals surface area contributed by atoms with Crippen LogP contribution in [0.1, 0.15) is 18.1 Å². The quantitative estimate of drug-likeness (QED) is 0.841. The number of rotatable bonds is 7. The van der Waals surface area contributed by atoms with Crippen molar-refractivity contribution in [3.63, 3.8) is 0 Å². The number of para-hydroxylation sites is 1. The molecule has 4 heteroatoms. The third kappa shape index (κ3) is 3.71. The topological polar surface area (TPSA) is 43.4 Å². The highest BCUT2D eigenvalue weighted by Crippen LogP contribution is 2.31. The third-order valence-electron chi connectivity index (χ3n) is 2.95. The van der Waals surface area contributed by atoms with Crippen LogP contribution in [0.3, 0.4) is 0 Å². The van der Waals surface area contributed by atoms with E-state index >= 15 is 0 Å². The van der Waals surface area contributed by atoms with Gasteiger partial charge in [-0.3, -0.25) is 4.98 Å². The van der Waals surface area contributed by atoms with Gasteiger partial charge >= 0.3 is 0 Å². The van der Waals surface area contributed by atoms with E-state index in [-0.39, 0.29) is 0 Å². The number of aromatic nitrogens is 1. The maximum atomic E-state index is 5.94. The Bertz CT molecular complexity index is 529. The molecule has 0 radical (unpaired) electrons. The van der Waals surface area contributed by atoms with Crippen LogP contribution in [0, 0.1) is 0 Å². The van der Waals surface area contributed by atoms with Crippen LogP contribution in [-0.4, -0.2) is 18.6 Å². The highest BCUT2D eigenvalue weighted by atomic mass is 16.5. The molecule has 0 fully saturated rings. The standard InChI is InChI=1S/C16H20N2O2/c1-3-17-11-14-7-4-8-15(19-2)16(14)20-12-13-6-5-9-18-10-13/h4-10,17H,3,11-12H2,1-2H3. The zero-order chi connectivity index (χ0) is 14.2. The van der Waals surface area contributed by atoms with Gasteiger partial charge in [0.25, 0.3) is 0 Å². The summed E-state index contributed by atoms with van der Waals surface area (Å²) in [7, 11) is 1.66. The van der Waals surface area contributed by atoms with Crippen molar-refractivity contribution >= 4 is 0 Å². The number of hydrogen-bond acceptors (Lipinski definition) is 4. The minimum atomic E-state index is 0.480. The molecule has 0 atom stereocenters. The monoisotopic (exact) mass is 272 g/mol. The highest BCUT2D eigenvalue weighted by Gasteiger charge is 2.10. The average Bonchev–Trinajstić information content (AvgIpc) is 2.52. The Labute approximate surface area is 119 Å². The summed E-state index contributed by atoms with van der Waals surface area (Å²) in [4.78, 5) is 4.09. The molecule has 0 saturated heterocycles. The Morgan fingerprint density at radius 3 is 2.80 bits per heavy atom. The van der Waals surface area contributed by atoms with Gasteiger partial charge in [-0.05, 0) is 18.7 Å². The van der Waals surface area contributed by atoms with Gasteiger partial charge in [0.05, 0.1) is 7.11 Å². The van der Waals surface area contributed by atoms with Crippen molar-refractivity contribution < 1.29 is 9.47 Å². The average molecular weight is 272 g/mol. The van der Waals surface area contributed by atoms with E-state index in [4.69, 9.17) is 9.47 Å². The normalized spacial score (nSPS) is 10.3. The number of nitrogens with one attached hydrogen (secondary N) is 1. The molecule has 1 aromatic heterocycles. The molecule has 0 bridgehead atoms. The van der Waals surface area contributed by atoms with E-state index in [1.54, 1.807) is 19.5 Å². The predicted octanol–water partition coefficient (Wildman–Crippen LogP) is 2.78. The maximum Gasteiger partial charge on any atom is 0.166 e. The Balaban J connectivity index is 2.15. The lowest BCUT2D eigenvalue weighted by Gasteiger charge is -2.15. The third-order valence-corrected chi connectivity index (χ3v) is 2.95. The van der Waals surface area contributed by atoms with Crippen molar-refractivity contribution in [1.82, 2.24) is 10.3 Å². The molecule has 0 spiro atoms. The molecule has 0 saturated carbocycles. The van der Waals surface area contributed by atoms with Crippen molar-refractivity contribution in [2.24, 2.45) is 0 Å². The first-order valence-electron chi connectivity index (χ1n) is 6.73. The summed E-state index contributed by atoms with van der Waals surface area (Å²) in [6, 6.07) is 9.83. The van der Waals surface area contributed by atoms with E-state index in [0.29, 0.717) is 6.61 Å². The second-order valence-electron chi connectivity index (χ2n) is 4.38. The number of pyridine rings is 1. The molecule has 0 unspecified atom stereocenters. The van der Waals surface area contributed by atoms with E-state index in [0.717, 1.165) is 35.7 Å². The lowest BCUT2D eigenvalue weighted by molar-refractivity contribution is 0.280. The second kappa shape index (κ2) is 7.50. The molecule has 0 aliphatic heterocycles. The van der Waals surface area contributed by atoms with E-state index in [1.165, 1.54) is 0 Å². The summed E-state index contributed by atoms with van der Waals surface area (Å²) in [5.41, 5.74) is 2.13. The van der Waals surface area contributed by atoms with Gasteiger partial charge in [-0.25, -0.2) is 0 Å². The molecule has 0 aliphatic carbocycles. The van der Waals surface area contributed by atoms with E-state index < -0.39 is 0 Å². The molecule has 2 rings (SSSR count). The summed E-state index contributed by atoms with van der Waals surface area (Å²) < 4.78 is 11.3. The molecule has 20 heavy (non-hydrogen) atoms. The Kier molecular flexibility index (Phi) is 5.38. The minimum Gasteiger partial charge on any atom is -0.493 e. The highest BCUT2D eigenvalue weighted by molar-refractivity contribution is 5.46. The van der Waals surface area contributed by atoms with Gasteiger partial charge in [0, 0.05) is 30.1 Å². The number of methoxy groups -OCH3 is 1. The lowest BCUT2D eigenvalue weighted by Crippen LogP contribution is -2.13. The first kappa shape index (κ1) is 14.3. The summed E-state index contributed by atoms with van der Waals surface area (Å²) in [6.45, 7) is 4.24. The summed E-state index contributed by atoms with van der Waals surface area (Å²) in [5, 5.41) is 3.31. The Morgan fingerprint density at radius 2 is 2.10 bits per heavy atom. The maximum absolute atomic E-state index is 5.94. The number of hydrogen-bond donors (Lipinski definition) is 1. The zero-order valence-electron chi connectivity index (χ0n) is 11.9. The van der Waals surface area contributed by atoms with Crippen molar-refractivity contribution in [2.75, 3.05) is 13.7 Å². The number of ether oxygens (including phenoxy) is 2. The molecule has 2 aromatic rings. The molecule has 1 heterocycles. The smallest absolute Gasteiger partial charge is 0.166 e. The van der Waals surface area contributed by atoms with Gasteiger partial charge in [-0.15, -0.1) is 0 Å². The van der Waals surface area contributed by atoms with Crippen molar-refractivity contribution in [1.29, 1.82) is 0 Å². The van der Waals surface area contributed by atoms with Crippen LogP contribution >= 0.6 is 0 Å². The van der Waals surface area contributed by atoms with E-state index in [9.17, 15) is 0 Å². The molecule has 1 aromatic carbocycles. The molecular weight excluding hydrogens is 252 g/mol. The number of benzene rings is 1. The Morgan fingerprint density at radius 1 is 1.20 bits per heavy atom. The predicted molar refractivity (Wildman–Crippen MR) is 78.9 cm³/mol. The van der Waals surface area contributed by atoms with Gasteiger partial charge < -0.3 is 14.8 Å². The number of nitrogens with zero attached hydrogens (tertiary/aromatic N) is 1. The molecule has 0 amide bonds. The molecule has 106 valence electrons. The molecule has 1 N–H and O–H groups in total. The summed E-state index contributed by atoms with van der Waals surface area (Å²) >= 11 is 0. The van der Waals surface area contributed by atoms with Gasteiger partial charge in [0.2, 0.25) is 0 Å². The van der Waals surface area contributed by atoms with Crippen LogP contribution in [-0.2, 0) is 13.2 Å². The van der Waals surface area contributed by atoms with Crippen molar-refractivity contribution in [3.05, 3.63) is 53.9 Å². The SMILES string of the molecule is CCNCc1cccc(OC)c1OCc1cccnc1. The fourth-order valence-electron chi connectivity index (χ4n) is 1.92. The van der Waals surface area contributed by atoms with Crippen LogP contribution in [0.15, 0.2) is 42.7 Å². The fraction of sp³-hybridized carbons (Fsp3) is 0.312. The van der Waals surface area contributed by atoms with Gasteiger partial charge in [-0.2, -0.15) is 0 Å². The van der Waals surface area contributed by atoms with Gasteiger partial charge in [0.1, 0.15) is 6.61 Å². The van der Waals surface area contributed by atoms with Crippen LogP contribution in [0.25, 0.3) is 0 Å². The van der Waals surface area contributed by atoms with Crippen LogP contribution in [0.4, 0.5) is 0 Å². The fourth-order valence-corrected chi connectivity index (χ4v) is 1.92. The minimum absolute atomic E-state index is 0.480. The lowest BCUT2D eigenvalue weighted by atomic mass is 10.2. The van der Waals surface area contributed by atoms with E-state index in [1.807, 2.05) is 30.3 Å². The second-order valence-corrected chi connectivity index (χ2v) is 4.38. The van der Waals surface area contributed by atoms with Crippen LogP contribution in [0.5, 0.6) is 11.5 Å². The van der Waals surface area contributed by atoms with Gasteiger partial charge in [-0.1, -0.05) is 25.1 Å². The Hall–Kier alpha value is -2.07. The molecular formula is C16H20N2O2. The van der Waals surface area contributed by atoms with E-state index in [2.05, 4.69) is 17.2 Å². The molecule has 0 aliphatic rings. The zero-order valence-corrected chi connectivity index (χ0v) is 11.9. The summed E-state index contributed by atoms with van der Waals surface area (Å²) in [6.07, 6.45) is 3.56. The van der Waals surface area contributed by atoms with Gasteiger partial charge in [0.15, 0.2) is 11.5 Å². The van der Waals surface area contributed by atoms with Crippen molar-refractivity contribution in [2.45, 2.75) is 20.1 Å².